The first-order valence-corrected chi connectivity index (χ1v) is 11.2. The predicted molar refractivity (Wildman–Crippen MR) is 126 cm³/mol. The van der Waals surface area contributed by atoms with Gasteiger partial charge in [-0.2, -0.15) is 0 Å². The van der Waals surface area contributed by atoms with Crippen LogP contribution in [0, 0.1) is 11.6 Å². The number of carbonyl (C=O) groups is 1. The van der Waals surface area contributed by atoms with Crippen molar-refractivity contribution in [3.05, 3.63) is 64.7 Å². The highest BCUT2D eigenvalue weighted by atomic mass is 19.1. The fourth-order valence-corrected chi connectivity index (χ4v) is 4.28. The Balaban J connectivity index is 1.83. The topological polar surface area (TPSA) is 42.0 Å². The normalized spacial score (nSPS) is 16.7. The minimum atomic E-state index is -0.625. The minimum Gasteiger partial charge on any atom is -0.493 e. The van der Waals surface area contributed by atoms with Crippen LogP contribution in [-0.2, 0) is 0 Å². The number of amides is 1. The van der Waals surface area contributed by atoms with Crippen molar-refractivity contribution in [2.24, 2.45) is 0 Å². The van der Waals surface area contributed by atoms with E-state index in [2.05, 4.69) is 11.9 Å². The number of likely N-dealkylation sites (tertiary alicyclic amines) is 1. The monoisotopic (exact) mass is 458 g/mol. The van der Waals surface area contributed by atoms with Crippen molar-refractivity contribution in [3.63, 3.8) is 0 Å². The fourth-order valence-electron chi connectivity index (χ4n) is 4.28. The quantitative estimate of drug-likeness (QED) is 0.530. The number of hydrogen-bond acceptors (Lipinski definition) is 4. The number of halogens is 2. The highest BCUT2D eigenvalue weighted by Crippen LogP contribution is 2.28. The van der Waals surface area contributed by atoms with Gasteiger partial charge in [0.25, 0.3) is 5.91 Å². The average Bonchev–Trinajstić information content (AvgIpc) is 3.22. The summed E-state index contributed by atoms with van der Waals surface area (Å²) in [6.45, 7) is 3.82. The summed E-state index contributed by atoms with van der Waals surface area (Å²) in [4.78, 5) is 17.6. The zero-order chi connectivity index (χ0) is 24.0. The van der Waals surface area contributed by atoms with Gasteiger partial charge in [0, 0.05) is 36.3 Å². The summed E-state index contributed by atoms with van der Waals surface area (Å²) in [7, 11) is 5.19. The number of carbonyl (C=O) groups excluding carboxylic acids is 1. The molecule has 1 amide bonds. The maximum Gasteiger partial charge on any atom is 0.254 e. The van der Waals surface area contributed by atoms with Crippen molar-refractivity contribution in [2.75, 3.05) is 40.9 Å². The molecule has 1 atom stereocenters. The molecule has 0 saturated carbocycles. The SMILES string of the molecule is COc1ccc(C(=O)N(CCC2CCCN2C)C/C(C)=C/c2ccc(F)cc2F)cc1OC. The van der Waals surface area contributed by atoms with Crippen LogP contribution >= 0.6 is 0 Å². The number of ether oxygens (including phenoxy) is 2. The molecule has 1 aliphatic rings. The molecule has 1 heterocycles. The zero-order valence-electron chi connectivity index (χ0n) is 19.7. The van der Waals surface area contributed by atoms with Crippen molar-refractivity contribution < 1.29 is 23.0 Å². The third-order valence-electron chi connectivity index (χ3n) is 6.13. The first-order chi connectivity index (χ1) is 15.8. The second-order valence-electron chi connectivity index (χ2n) is 8.52. The summed E-state index contributed by atoms with van der Waals surface area (Å²) in [6, 6.07) is 9.04. The van der Waals surface area contributed by atoms with Crippen LogP contribution in [0.5, 0.6) is 11.5 Å². The van der Waals surface area contributed by atoms with Crippen molar-refractivity contribution in [2.45, 2.75) is 32.2 Å². The largest absolute Gasteiger partial charge is 0.493 e. The molecular formula is C26H32F2N2O3. The van der Waals surface area contributed by atoms with Gasteiger partial charge in [0.15, 0.2) is 11.5 Å². The molecule has 7 heteroatoms. The lowest BCUT2D eigenvalue weighted by molar-refractivity contribution is 0.0757. The maximum atomic E-state index is 14.1. The smallest absolute Gasteiger partial charge is 0.254 e. The molecule has 33 heavy (non-hydrogen) atoms. The Hall–Kier alpha value is -2.93. The van der Waals surface area contributed by atoms with Gasteiger partial charge in [0.2, 0.25) is 0 Å². The summed E-state index contributed by atoms with van der Waals surface area (Å²) in [5.74, 6) is -0.340. The molecule has 0 N–H and O–H groups in total. The van der Waals surface area contributed by atoms with Crippen LogP contribution in [0.1, 0.15) is 42.1 Å². The Morgan fingerprint density at radius 3 is 2.55 bits per heavy atom. The molecule has 0 bridgehead atoms. The van der Waals surface area contributed by atoms with Gasteiger partial charge in [0.1, 0.15) is 11.6 Å². The van der Waals surface area contributed by atoms with Gasteiger partial charge in [-0.25, -0.2) is 8.78 Å². The van der Waals surface area contributed by atoms with Gasteiger partial charge in [-0.3, -0.25) is 4.79 Å². The van der Waals surface area contributed by atoms with E-state index in [1.807, 2.05) is 6.92 Å². The molecule has 0 spiro atoms. The third-order valence-corrected chi connectivity index (χ3v) is 6.13. The predicted octanol–water partition coefficient (Wildman–Crippen LogP) is 5.01. The summed E-state index contributed by atoms with van der Waals surface area (Å²) < 4.78 is 38.0. The number of methoxy groups -OCH3 is 2. The van der Waals surface area contributed by atoms with E-state index in [9.17, 15) is 13.6 Å². The van der Waals surface area contributed by atoms with Crippen LogP contribution in [0.2, 0.25) is 0 Å². The van der Waals surface area contributed by atoms with E-state index in [1.54, 1.807) is 36.3 Å². The second kappa shape index (κ2) is 11.3. The Labute approximate surface area is 194 Å². The molecule has 1 unspecified atom stereocenters. The number of nitrogens with zero attached hydrogens (tertiary/aromatic N) is 2. The number of hydrogen-bond donors (Lipinski definition) is 0. The van der Waals surface area contributed by atoms with Crippen LogP contribution in [0.4, 0.5) is 8.78 Å². The van der Waals surface area contributed by atoms with E-state index >= 15 is 0 Å². The molecule has 1 aliphatic heterocycles. The first-order valence-electron chi connectivity index (χ1n) is 11.2. The van der Waals surface area contributed by atoms with Crippen molar-refractivity contribution in [1.82, 2.24) is 9.80 Å². The summed E-state index contributed by atoms with van der Waals surface area (Å²) >= 11 is 0. The Kier molecular flexibility index (Phi) is 8.44. The molecule has 0 aliphatic carbocycles. The van der Waals surface area contributed by atoms with Gasteiger partial charge < -0.3 is 19.3 Å². The summed E-state index contributed by atoms with van der Waals surface area (Å²) in [5.41, 5.74) is 1.59. The Bertz CT molecular complexity index is 1010. The fraction of sp³-hybridized carbons (Fsp3) is 0.423. The highest BCUT2D eigenvalue weighted by molar-refractivity contribution is 5.95. The highest BCUT2D eigenvalue weighted by Gasteiger charge is 2.24. The Morgan fingerprint density at radius 1 is 1.15 bits per heavy atom. The minimum absolute atomic E-state index is 0.135. The van der Waals surface area contributed by atoms with E-state index < -0.39 is 11.6 Å². The third kappa shape index (κ3) is 6.32. The molecule has 0 radical (unpaired) electrons. The average molecular weight is 459 g/mol. The lowest BCUT2D eigenvalue weighted by Gasteiger charge is -2.27. The standard InChI is InChI=1S/C26H32F2N2O3/c1-18(14-19-7-9-21(27)16-23(19)28)17-30(13-11-22-6-5-12-29(22)2)26(31)20-8-10-24(32-3)25(15-20)33-4/h7-10,14-16,22H,5-6,11-13,17H2,1-4H3/b18-14+. The van der Waals surface area contributed by atoms with Gasteiger partial charge in [0.05, 0.1) is 14.2 Å². The van der Waals surface area contributed by atoms with Gasteiger partial charge in [-0.1, -0.05) is 11.6 Å². The van der Waals surface area contributed by atoms with E-state index in [0.29, 0.717) is 41.8 Å². The van der Waals surface area contributed by atoms with Crippen molar-refractivity contribution in [3.8, 4) is 11.5 Å². The maximum absolute atomic E-state index is 14.1. The molecule has 3 rings (SSSR count). The molecule has 1 fully saturated rings. The van der Waals surface area contributed by atoms with Gasteiger partial charge in [-0.05, 0) is 70.1 Å². The van der Waals surface area contributed by atoms with Crippen molar-refractivity contribution in [1.29, 1.82) is 0 Å². The van der Waals surface area contributed by atoms with E-state index in [4.69, 9.17) is 9.47 Å². The molecule has 2 aromatic rings. The summed E-state index contributed by atoms with van der Waals surface area (Å²) in [5, 5.41) is 0. The zero-order valence-corrected chi connectivity index (χ0v) is 19.7. The lowest BCUT2D eigenvalue weighted by Crippen LogP contribution is -2.37. The number of benzene rings is 2. The van der Waals surface area contributed by atoms with Gasteiger partial charge in [-0.15, -0.1) is 0 Å². The van der Waals surface area contributed by atoms with Crippen LogP contribution in [0.15, 0.2) is 42.0 Å². The molecule has 178 valence electrons. The Morgan fingerprint density at radius 2 is 1.91 bits per heavy atom. The molecule has 0 aromatic heterocycles. The lowest BCUT2D eigenvalue weighted by atomic mass is 10.1. The molecule has 5 nitrogen and oxygen atoms in total. The van der Waals surface area contributed by atoms with Crippen LogP contribution in [0.3, 0.4) is 0 Å². The second-order valence-corrected chi connectivity index (χ2v) is 8.52. The van der Waals surface area contributed by atoms with Crippen LogP contribution < -0.4 is 9.47 Å². The molecular weight excluding hydrogens is 426 g/mol. The van der Waals surface area contributed by atoms with E-state index in [1.165, 1.54) is 19.2 Å². The van der Waals surface area contributed by atoms with E-state index in [-0.39, 0.29) is 5.91 Å². The molecule has 1 saturated heterocycles. The van der Waals surface area contributed by atoms with Crippen molar-refractivity contribution >= 4 is 12.0 Å². The van der Waals surface area contributed by atoms with Crippen LogP contribution in [-0.4, -0.2) is 62.7 Å². The van der Waals surface area contributed by atoms with Gasteiger partial charge >= 0.3 is 0 Å². The first kappa shape index (κ1) is 24.7. The summed E-state index contributed by atoms with van der Waals surface area (Å²) in [6.07, 6.45) is 4.79. The van der Waals surface area contributed by atoms with E-state index in [0.717, 1.165) is 37.4 Å². The molecule has 2 aromatic carbocycles. The number of rotatable bonds is 9. The van der Waals surface area contributed by atoms with Crippen LogP contribution in [0.25, 0.3) is 6.08 Å².